The van der Waals surface area contributed by atoms with Crippen LogP contribution < -0.4 is 19.7 Å². The lowest BCUT2D eigenvalue weighted by Gasteiger charge is -2.26. The van der Waals surface area contributed by atoms with Crippen molar-refractivity contribution < 1.29 is 14.3 Å². The van der Waals surface area contributed by atoms with E-state index in [2.05, 4.69) is 5.32 Å². The predicted octanol–water partition coefficient (Wildman–Crippen LogP) is 5.44. The first-order chi connectivity index (χ1) is 14.6. The van der Waals surface area contributed by atoms with Gasteiger partial charge in [0, 0.05) is 16.4 Å². The highest BCUT2D eigenvalue weighted by molar-refractivity contribution is 6.31. The average Bonchev–Trinajstić information content (AvgIpc) is 3.10. The second kappa shape index (κ2) is 8.51. The Morgan fingerprint density at radius 2 is 1.47 bits per heavy atom. The van der Waals surface area contributed by atoms with Crippen LogP contribution in [0.2, 0.25) is 5.02 Å². The number of ether oxygens (including phenoxy) is 2. The molecule has 6 heteroatoms. The molecule has 30 heavy (non-hydrogen) atoms. The van der Waals surface area contributed by atoms with Crippen LogP contribution in [-0.4, -0.2) is 20.1 Å². The molecule has 0 radical (unpaired) electrons. The molecule has 0 bridgehead atoms. The van der Waals surface area contributed by atoms with Crippen molar-refractivity contribution in [3.05, 3.63) is 95.2 Å². The average molecular weight is 421 g/mol. The highest BCUT2D eigenvalue weighted by Crippen LogP contribution is 2.39. The molecule has 0 saturated heterocycles. The van der Waals surface area contributed by atoms with Crippen LogP contribution in [0.1, 0.15) is 11.6 Å². The molecule has 3 aromatic rings. The Morgan fingerprint density at radius 3 is 2.07 bits per heavy atom. The zero-order valence-corrected chi connectivity index (χ0v) is 17.4. The molecule has 0 spiro atoms. The lowest BCUT2D eigenvalue weighted by molar-refractivity contribution is -0.114. The quantitative estimate of drug-likeness (QED) is 0.576. The van der Waals surface area contributed by atoms with Crippen molar-refractivity contribution in [2.24, 2.45) is 0 Å². The summed E-state index contributed by atoms with van der Waals surface area (Å²) in [7, 11) is 3.23. The highest BCUT2D eigenvalue weighted by atomic mass is 35.5. The van der Waals surface area contributed by atoms with Gasteiger partial charge in [0.05, 0.1) is 20.3 Å². The number of carbonyl (C=O) groups is 1. The number of amides is 1. The monoisotopic (exact) mass is 420 g/mol. The predicted molar refractivity (Wildman–Crippen MR) is 119 cm³/mol. The first-order valence-corrected chi connectivity index (χ1v) is 9.83. The Labute approximate surface area is 180 Å². The van der Waals surface area contributed by atoms with Crippen LogP contribution in [0.4, 0.5) is 11.4 Å². The molecule has 1 aliphatic heterocycles. The minimum Gasteiger partial charge on any atom is -0.497 e. The van der Waals surface area contributed by atoms with E-state index < -0.39 is 0 Å². The fraction of sp³-hybridized carbons (Fsp3) is 0.125. The van der Waals surface area contributed by atoms with Crippen molar-refractivity contribution in [1.29, 1.82) is 0 Å². The normalized spacial score (nSPS) is 15.7. The van der Waals surface area contributed by atoms with Crippen molar-refractivity contribution in [3.8, 4) is 11.5 Å². The molecule has 0 aromatic heterocycles. The Morgan fingerprint density at radius 1 is 0.867 bits per heavy atom. The van der Waals surface area contributed by atoms with Crippen molar-refractivity contribution in [1.82, 2.24) is 0 Å². The van der Waals surface area contributed by atoms with E-state index >= 15 is 0 Å². The number of halogens is 1. The number of methoxy groups -OCH3 is 2. The van der Waals surface area contributed by atoms with Gasteiger partial charge in [0.1, 0.15) is 17.2 Å². The molecule has 3 aromatic carbocycles. The van der Waals surface area contributed by atoms with Crippen LogP contribution in [0.3, 0.4) is 0 Å². The van der Waals surface area contributed by atoms with Crippen molar-refractivity contribution in [2.75, 3.05) is 24.4 Å². The summed E-state index contributed by atoms with van der Waals surface area (Å²) in [6.45, 7) is 0. The number of hydrogen-bond acceptors (Lipinski definition) is 4. The molecule has 5 nitrogen and oxygen atoms in total. The number of carbonyl (C=O) groups excluding carboxylic acids is 1. The largest absolute Gasteiger partial charge is 0.497 e. The van der Waals surface area contributed by atoms with E-state index in [0.29, 0.717) is 10.7 Å². The Bertz CT molecular complexity index is 1080. The van der Waals surface area contributed by atoms with E-state index in [0.717, 1.165) is 28.4 Å². The molecular formula is C24H21ClN2O3. The Hall–Kier alpha value is -3.44. The topological polar surface area (TPSA) is 50.8 Å². The molecule has 4 rings (SSSR count). The molecule has 1 aliphatic rings. The molecule has 1 amide bonds. The van der Waals surface area contributed by atoms with Gasteiger partial charge in [0.15, 0.2) is 0 Å². The van der Waals surface area contributed by atoms with Crippen molar-refractivity contribution in [3.63, 3.8) is 0 Å². The third-order valence-electron chi connectivity index (χ3n) is 5.00. The third-order valence-corrected chi connectivity index (χ3v) is 5.34. The summed E-state index contributed by atoms with van der Waals surface area (Å²) in [5.41, 5.74) is 2.90. The van der Waals surface area contributed by atoms with Gasteiger partial charge >= 0.3 is 0 Å². The van der Waals surface area contributed by atoms with E-state index in [1.807, 2.05) is 78.9 Å². The van der Waals surface area contributed by atoms with Gasteiger partial charge in [-0.3, -0.25) is 9.69 Å². The number of hydrogen-bond donors (Lipinski definition) is 1. The van der Waals surface area contributed by atoms with Crippen LogP contribution in [0.5, 0.6) is 11.5 Å². The van der Waals surface area contributed by atoms with Crippen LogP contribution in [0.15, 0.2) is 84.6 Å². The smallest absolute Gasteiger partial charge is 0.275 e. The second-order valence-electron chi connectivity index (χ2n) is 6.77. The van der Waals surface area contributed by atoms with Gasteiger partial charge in [0.25, 0.3) is 5.91 Å². The van der Waals surface area contributed by atoms with Gasteiger partial charge < -0.3 is 14.8 Å². The number of anilines is 2. The molecule has 0 saturated carbocycles. The Kier molecular flexibility index (Phi) is 5.63. The fourth-order valence-corrected chi connectivity index (χ4v) is 3.70. The van der Waals surface area contributed by atoms with Gasteiger partial charge in [-0.05, 0) is 66.2 Å². The zero-order chi connectivity index (χ0) is 21.1. The molecule has 0 aliphatic carbocycles. The van der Waals surface area contributed by atoms with Gasteiger partial charge in [-0.1, -0.05) is 29.8 Å². The van der Waals surface area contributed by atoms with Gasteiger partial charge in [-0.15, -0.1) is 0 Å². The van der Waals surface area contributed by atoms with Crippen molar-refractivity contribution in [2.45, 2.75) is 6.04 Å². The SMILES string of the molecule is COc1ccc(NC2=C[C@@H](c3ccccc3Cl)N(c3ccc(OC)cc3)C2=O)cc1. The zero-order valence-electron chi connectivity index (χ0n) is 16.6. The van der Waals surface area contributed by atoms with Crippen LogP contribution in [-0.2, 0) is 4.79 Å². The lowest BCUT2D eigenvalue weighted by Crippen LogP contribution is -2.30. The molecule has 0 unspecified atom stereocenters. The molecule has 1 N–H and O–H groups in total. The summed E-state index contributed by atoms with van der Waals surface area (Å²) in [5.74, 6) is 1.34. The minimum absolute atomic E-state index is 0.138. The van der Waals surface area contributed by atoms with E-state index in [9.17, 15) is 4.79 Å². The molecule has 1 atom stereocenters. The molecule has 1 heterocycles. The molecule has 152 valence electrons. The maximum absolute atomic E-state index is 13.4. The third kappa shape index (κ3) is 3.84. The van der Waals surface area contributed by atoms with Gasteiger partial charge in [-0.25, -0.2) is 0 Å². The van der Waals surface area contributed by atoms with Crippen LogP contribution in [0.25, 0.3) is 0 Å². The van der Waals surface area contributed by atoms with E-state index in [-0.39, 0.29) is 11.9 Å². The summed E-state index contributed by atoms with van der Waals surface area (Å²) >= 11 is 6.47. The summed E-state index contributed by atoms with van der Waals surface area (Å²) in [5, 5.41) is 3.84. The van der Waals surface area contributed by atoms with Crippen LogP contribution in [0, 0.1) is 0 Å². The molecular weight excluding hydrogens is 400 g/mol. The second-order valence-corrected chi connectivity index (χ2v) is 7.18. The maximum Gasteiger partial charge on any atom is 0.275 e. The lowest BCUT2D eigenvalue weighted by atomic mass is 10.1. The molecule has 0 fully saturated rings. The summed E-state index contributed by atoms with van der Waals surface area (Å²) in [4.78, 5) is 15.1. The van der Waals surface area contributed by atoms with Crippen molar-refractivity contribution >= 4 is 28.9 Å². The Balaban J connectivity index is 1.71. The number of rotatable bonds is 6. The minimum atomic E-state index is -0.333. The summed E-state index contributed by atoms with van der Waals surface area (Å²) in [6, 6.07) is 22.0. The van der Waals surface area contributed by atoms with Gasteiger partial charge in [0.2, 0.25) is 0 Å². The first kappa shape index (κ1) is 19.9. The fourth-order valence-electron chi connectivity index (χ4n) is 3.45. The highest BCUT2D eigenvalue weighted by Gasteiger charge is 2.35. The first-order valence-electron chi connectivity index (χ1n) is 9.45. The van der Waals surface area contributed by atoms with E-state index in [4.69, 9.17) is 21.1 Å². The summed E-state index contributed by atoms with van der Waals surface area (Å²) < 4.78 is 10.4. The van der Waals surface area contributed by atoms with E-state index in [1.165, 1.54) is 0 Å². The number of nitrogens with one attached hydrogen (secondary N) is 1. The standard InChI is InChI=1S/C24H21ClN2O3/c1-29-18-11-7-16(8-12-18)26-22-15-23(20-5-3-4-6-21(20)25)27(24(22)28)17-9-13-19(30-2)14-10-17/h3-15,23,26H,1-2H3/t23-/m0/s1. The number of benzene rings is 3. The van der Waals surface area contributed by atoms with Crippen LogP contribution >= 0.6 is 11.6 Å². The number of nitrogens with zero attached hydrogens (tertiary/aromatic N) is 1. The maximum atomic E-state index is 13.4. The van der Waals surface area contributed by atoms with E-state index in [1.54, 1.807) is 19.1 Å². The summed E-state index contributed by atoms with van der Waals surface area (Å²) in [6.07, 6.45) is 1.90. The van der Waals surface area contributed by atoms with Gasteiger partial charge in [-0.2, -0.15) is 0 Å².